The number of nitrogens with one attached hydrogen (secondary N) is 1. The van der Waals surface area contributed by atoms with Gasteiger partial charge in [-0.25, -0.2) is 9.48 Å². The van der Waals surface area contributed by atoms with Gasteiger partial charge in [0, 0.05) is 0 Å². The van der Waals surface area contributed by atoms with Crippen molar-refractivity contribution in [1.82, 2.24) is 25.5 Å². The van der Waals surface area contributed by atoms with Gasteiger partial charge in [-0.15, -0.1) is 5.10 Å². The molecule has 0 aliphatic heterocycles. The minimum Gasteiger partial charge on any atom is -0.465 e. The third-order valence-corrected chi connectivity index (χ3v) is 2.86. The minimum atomic E-state index is -1.11. The Hall–Kier alpha value is -1.82. The van der Waals surface area contributed by atoms with Crippen LogP contribution in [0.25, 0.3) is 0 Å². The minimum absolute atomic E-state index is 0.278. The first-order chi connectivity index (χ1) is 8.69. The van der Waals surface area contributed by atoms with Gasteiger partial charge < -0.3 is 10.4 Å². The van der Waals surface area contributed by atoms with Gasteiger partial charge in [0.2, 0.25) is 0 Å². The van der Waals surface area contributed by atoms with Crippen LogP contribution in [0.4, 0.5) is 4.79 Å². The van der Waals surface area contributed by atoms with Crippen molar-refractivity contribution in [3.05, 3.63) is 5.82 Å². The molecule has 9 heteroatoms. The van der Waals surface area contributed by atoms with Crippen molar-refractivity contribution < 1.29 is 9.90 Å². The topological polar surface area (TPSA) is 117 Å². The normalized spacial score (nSPS) is 11.8. The molecule has 0 saturated carbocycles. The number of aromatic nitrogens is 4. The first kappa shape index (κ1) is 14.2. The molecule has 1 aromatic heterocycles. The van der Waals surface area contributed by atoms with Gasteiger partial charge in [0.15, 0.2) is 5.82 Å². The van der Waals surface area contributed by atoms with E-state index in [9.17, 15) is 4.79 Å². The van der Waals surface area contributed by atoms with E-state index in [1.54, 1.807) is 11.8 Å². The molecule has 0 aliphatic carbocycles. The summed E-state index contributed by atoms with van der Waals surface area (Å²) in [5.74, 6) is 1.23. The molecular weight excluding hydrogens is 256 g/mol. The number of carboxylic acid groups (broad SMARTS) is 1. The summed E-state index contributed by atoms with van der Waals surface area (Å²) in [7, 11) is 0. The van der Waals surface area contributed by atoms with E-state index in [1.807, 2.05) is 12.3 Å². The fourth-order valence-corrected chi connectivity index (χ4v) is 1.90. The number of nitrogens with zero attached hydrogens (tertiary/aromatic N) is 5. The fourth-order valence-electron chi connectivity index (χ4n) is 1.43. The Bertz CT molecular complexity index is 429. The second-order valence-corrected chi connectivity index (χ2v) is 4.44. The van der Waals surface area contributed by atoms with Gasteiger partial charge in [-0.2, -0.15) is 17.0 Å². The van der Waals surface area contributed by atoms with Gasteiger partial charge in [-0.05, 0) is 28.9 Å². The number of amides is 1. The Balaban J connectivity index is 2.79. The molecule has 1 heterocycles. The van der Waals surface area contributed by atoms with E-state index >= 15 is 0 Å². The van der Waals surface area contributed by atoms with Gasteiger partial charge in [0.1, 0.15) is 0 Å². The van der Waals surface area contributed by atoms with Gasteiger partial charge in [0.05, 0.1) is 25.1 Å². The Morgan fingerprint density at radius 2 is 2.50 bits per heavy atom. The third kappa shape index (κ3) is 4.21. The van der Waals surface area contributed by atoms with E-state index in [2.05, 4.69) is 20.8 Å². The van der Waals surface area contributed by atoms with E-state index in [0.717, 1.165) is 5.75 Å². The molecule has 1 amide bonds. The van der Waals surface area contributed by atoms with Gasteiger partial charge in [0.25, 0.3) is 0 Å². The SMILES string of the molecule is CSCCC(NC(=O)O)c1nnnn1CCC#N. The molecule has 1 rings (SSSR count). The van der Waals surface area contributed by atoms with Crippen molar-refractivity contribution in [2.75, 3.05) is 12.0 Å². The Morgan fingerprint density at radius 3 is 3.11 bits per heavy atom. The van der Waals surface area contributed by atoms with Crippen LogP contribution in [-0.2, 0) is 6.54 Å². The van der Waals surface area contributed by atoms with Crippen LogP contribution in [0.1, 0.15) is 24.7 Å². The quantitative estimate of drug-likeness (QED) is 0.746. The largest absolute Gasteiger partial charge is 0.465 e. The second kappa shape index (κ2) is 7.50. The molecule has 18 heavy (non-hydrogen) atoms. The van der Waals surface area contributed by atoms with Gasteiger partial charge in [-0.1, -0.05) is 0 Å². The van der Waals surface area contributed by atoms with Crippen molar-refractivity contribution in [2.24, 2.45) is 0 Å². The number of nitriles is 1. The number of carbonyl (C=O) groups is 1. The van der Waals surface area contributed by atoms with E-state index in [-0.39, 0.29) is 6.42 Å². The maximum Gasteiger partial charge on any atom is 0.405 e. The molecule has 0 radical (unpaired) electrons. The van der Waals surface area contributed by atoms with Crippen molar-refractivity contribution in [2.45, 2.75) is 25.4 Å². The number of aryl methyl sites for hydroxylation is 1. The number of tetrazole rings is 1. The summed E-state index contributed by atoms with van der Waals surface area (Å²) in [6.07, 6.45) is 1.70. The monoisotopic (exact) mass is 270 g/mol. The van der Waals surface area contributed by atoms with Crippen LogP contribution in [0.5, 0.6) is 0 Å². The molecule has 1 unspecified atom stereocenters. The summed E-state index contributed by atoms with van der Waals surface area (Å²) in [5.41, 5.74) is 0. The molecule has 0 fully saturated rings. The Labute approximate surface area is 108 Å². The van der Waals surface area contributed by atoms with Crippen LogP contribution in [-0.4, -0.2) is 43.4 Å². The highest BCUT2D eigenvalue weighted by Crippen LogP contribution is 2.16. The first-order valence-corrected chi connectivity index (χ1v) is 6.69. The summed E-state index contributed by atoms with van der Waals surface area (Å²) < 4.78 is 1.46. The maximum atomic E-state index is 10.7. The summed E-state index contributed by atoms with van der Waals surface area (Å²) in [6.45, 7) is 0.357. The summed E-state index contributed by atoms with van der Waals surface area (Å²) in [5, 5.41) is 30.8. The number of hydrogen-bond acceptors (Lipinski definition) is 6. The standard InChI is InChI=1S/C9H14N6O2S/c1-18-6-3-7(11-9(16)17)8-12-13-14-15(8)5-2-4-10/h7,11H,2-3,5-6H2,1H3,(H,16,17). The van der Waals surface area contributed by atoms with Crippen LogP contribution in [0, 0.1) is 11.3 Å². The molecule has 2 N–H and O–H groups in total. The molecule has 0 aromatic carbocycles. The predicted octanol–water partition coefficient (Wildman–Crippen LogP) is 0.649. The van der Waals surface area contributed by atoms with Gasteiger partial charge in [-0.3, -0.25) is 0 Å². The van der Waals surface area contributed by atoms with Crippen molar-refractivity contribution in [3.8, 4) is 6.07 Å². The summed E-state index contributed by atoms with van der Waals surface area (Å²) in [6, 6.07) is 1.54. The number of hydrogen-bond donors (Lipinski definition) is 2. The van der Waals surface area contributed by atoms with Crippen molar-refractivity contribution in [3.63, 3.8) is 0 Å². The molecule has 8 nitrogen and oxygen atoms in total. The van der Waals surface area contributed by atoms with Crippen molar-refractivity contribution >= 4 is 17.9 Å². The molecule has 98 valence electrons. The van der Waals surface area contributed by atoms with E-state index in [4.69, 9.17) is 10.4 Å². The Kier molecular flexibility index (Phi) is 5.93. The van der Waals surface area contributed by atoms with Crippen molar-refractivity contribution in [1.29, 1.82) is 5.26 Å². The first-order valence-electron chi connectivity index (χ1n) is 5.30. The highest BCUT2D eigenvalue weighted by Gasteiger charge is 2.20. The van der Waals surface area contributed by atoms with Crippen LogP contribution >= 0.6 is 11.8 Å². The van der Waals surface area contributed by atoms with E-state index in [0.29, 0.717) is 18.8 Å². The Morgan fingerprint density at radius 1 is 1.72 bits per heavy atom. The zero-order valence-electron chi connectivity index (χ0n) is 9.91. The number of rotatable bonds is 7. The van der Waals surface area contributed by atoms with Crippen LogP contribution in [0.2, 0.25) is 0 Å². The van der Waals surface area contributed by atoms with Crippen LogP contribution in [0.15, 0.2) is 0 Å². The lowest BCUT2D eigenvalue weighted by Gasteiger charge is -2.15. The fraction of sp³-hybridized carbons (Fsp3) is 0.667. The summed E-state index contributed by atoms with van der Waals surface area (Å²) >= 11 is 1.61. The van der Waals surface area contributed by atoms with Gasteiger partial charge >= 0.3 is 6.09 Å². The molecular formula is C9H14N6O2S. The highest BCUT2D eigenvalue weighted by molar-refractivity contribution is 7.98. The molecule has 0 aliphatic rings. The number of thioether (sulfide) groups is 1. The lowest BCUT2D eigenvalue weighted by molar-refractivity contribution is 0.188. The summed E-state index contributed by atoms with van der Waals surface area (Å²) in [4.78, 5) is 10.7. The van der Waals surface area contributed by atoms with Crippen LogP contribution in [0.3, 0.4) is 0 Å². The van der Waals surface area contributed by atoms with E-state index < -0.39 is 12.1 Å². The molecule has 0 saturated heterocycles. The second-order valence-electron chi connectivity index (χ2n) is 3.45. The smallest absolute Gasteiger partial charge is 0.405 e. The lowest BCUT2D eigenvalue weighted by atomic mass is 10.2. The molecule has 1 aromatic rings. The zero-order valence-corrected chi connectivity index (χ0v) is 10.7. The van der Waals surface area contributed by atoms with Crippen LogP contribution < -0.4 is 5.32 Å². The average Bonchev–Trinajstić information content (AvgIpc) is 2.79. The highest BCUT2D eigenvalue weighted by atomic mass is 32.2. The van der Waals surface area contributed by atoms with E-state index in [1.165, 1.54) is 4.68 Å². The molecule has 0 bridgehead atoms. The molecule has 1 atom stereocenters. The predicted molar refractivity (Wildman–Crippen MR) is 64.9 cm³/mol. The lowest BCUT2D eigenvalue weighted by Crippen LogP contribution is -2.30. The zero-order chi connectivity index (χ0) is 13.4. The molecule has 0 spiro atoms. The maximum absolute atomic E-state index is 10.7. The average molecular weight is 270 g/mol. The third-order valence-electron chi connectivity index (χ3n) is 2.22.